The normalized spacial score (nSPS) is 27.9. The molecule has 334 valence electrons. The highest BCUT2D eigenvalue weighted by Gasteiger charge is 2.54. The average molecular weight is 864 g/mol. The van der Waals surface area contributed by atoms with E-state index in [2.05, 4.69) is 0 Å². The van der Waals surface area contributed by atoms with Gasteiger partial charge in [0.15, 0.2) is 49.2 Å². The maximum absolute atomic E-state index is 12.6. The molecule has 2 heterocycles. The van der Waals surface area contributed by atoms with Crippen LogP contribution in [0.25, 0.3) is 0 Å². The van der Waals surface area contributed by atoms with Crippen LogP contribution < -0.4 is 0 Å². The molecular formula is C39H53NO20. The molecule has 10 atom stereocenters. The summed E-state index contributed by atoms with van der Waals surface area (Å²) in [6.45, 7) is -9.23. The number of rotatable bonds is 20. The lowest BCUT2D eigenvalue weighted by molar-refractivity contribution is -0.310. The molecule has 0 radical (unpaired) electrons. The third kappa shape index (κ3) is 16.4. The van der Waals surface area contributed by atoms with Crippen molar-refractivity contribution >= 4 is 47.8 Å². The largest absolute Gasteiger partial charge is 0.463 e. The highest BCUT2D eigenvalue weighted by molar-refractivity contribution is 5.70. The Morgan fingerprint density at radius 1 is 0.500 bits per heavy atom. The summed E-state index contributed by atoms with van der Waals surface area (Å²) < 4.78 is 126. The summed E-state index contributed by atoms with van der Waals surface area (Å²) in [4.78, 5) is 101. The second kappa shape index (κ2) is 24.1. The van der Waals surface area contributed by atoms with Gasteiger partial charge < -0.3 is 56.8 Å². The van der Waals surface area contributed by atoms with E-state index >= 15 is 0 Å². The van der Waals surface area contributed by atoms with Crippen LogP contribution in [-0.4, -0.2) is 154 Å². The lowest BCUT2D eigenvalue weighted by atomic mass is 9.98. The van der Waals surface area contributed by atoms with E-state index in [4.69, 9.17) is 67.8 Å². The molecule has 0 aliphatic carbocycles. The smallest absolute Gasteiger partial charge is 0.303 e. The van der Waals surface area contributed by atoms with Crippen molar-refractivity contribution < 1.29 is 106 Å². The minimum atomic E-state index is -1.79. The maximum Gasteiger partial charge on any atom is 0.303 e. The zero-order chi connectivity index (χ0) is 50.2. The van der Waals surface area contributed by atoms with Gasteiger partial charge in [-0.2, -0.15) is 0 Å². The van der Waals surface area contributed by atoms with Gasteiger partial charge in [0.2, 0.25) is 0 Å². The molecule has 0 N–H and O–H groups in total. The van der Waals surface area contributed by atoms with E-state index < -0.39 is 178 Å². The van der Waals surface area contributed by atoms with E-state index in [-0.39, 0.29) is 32.8 Å². The fourth-order valence-electron chi connectivity index (χ4n) is 6.07. The molecule has 60 heavy (non-hydrogen) atoms. The van der Waals surface area contributed by atoms with Crippen molar-refractivity contribution in [1.29, 1.82) is 0 Å². The first-order valence-corrected chi connectivity index (χ1v) is 17.8. The van der Waals surface area contributed by atoms with Gasteiger partial charge in [-0.3, -0.25) is 43.3 Å². The van der Waals surface area contributed by atoms with Crippen molar-refractivity contribution in [3.8, 4) is 0 Å². The first kappa shape index (κ1) is 37.8. The zero-order valence-electron chi connectivity index (χ0n) is 40.4. The van der Waals surface area contributed by atoms with Gasteiger partial charge in [0.05, 0.1) is 13.2 Å². The molecule has 2 aliphatic rings. The standard InChI is InChI=1S/C39H53NO20/c1-21(41)51-19-30-32(53-23(3)43)34(55-25(5)45)36(57-27(7)47)38(59-30)49-16-14-40(18-29-12-10-9-11-13-29)15-17-50-39-37(58-28(8)48)35(56-26(6)46)33(54-24(4)44)31(60-39)20-52-22(2)42/h9-13,30-39H,14-20H2,1-8H3/t30-,31-,32-,33-,34+,35+,36+,37+,38?,39?/m1/s1/i1D,2D,3D,4D,5D,6D,7D,8D. The summed E-state index contributed by atoms with van der Waals surface area (Å²) in [7, 11) is 0. The summed E-state index contributed by atoms with van der Waals surface area (Å²) >= 11 is 0. The predicted octanol–water partition coefficient (Wildman–Crippen LogP) is 0.688. The summed E-state index contributed by atoms with van der Waals surface area (Å²) in [5, 5.41) is 0. The van der Waals surface area contributed by atoms with Gasteiger partial charge in [0.25, 0.3) is 0 Å². The van der Waals surface area contributed by atoms with Crippen LogP contribution in [0.4, 0.5) is 0 Å². The third-order valence-corrected chi connectivity index (χ3v) is 8.23. The van der Waals surface area contributed by atoms with Crippen molar-refractivity contribution in [2.75, 3.05) is 39.5 Å². The van der Waals surface area contributed by atoms with Gasteiger partial charge in [-0.15, -0.1) is 0 Å². The van der Waals surface area contributed by atoms with Crippen LogP contribution in [0, 0.1) is 0 Å². The maximum atomic E-state index is 12.6. The minimum absolute atomic E-state index is 0.0342. The predicted molar refractivity (Wildman–Crippen MR) is 198 cm³/mol. The van der Waals surface area contributed by atoms with Crippen LogP contribution in [0.15, 0.2) is 30.3 Å². The fraction of sp³-hybridized carbons (Fsp3) is 0.641. The molecule has 0 amide bonds. The quantitative estimate of drug-likeness (QED) is 0.129. The average Bonchev–Trinajstić information content (AvgIpc) is 3.35. The van der Waals surface area contributed by atoms with E-state index in [0.717, 1.165) is 5.56 Å². The zero-order valence-corrected chi connectivity index (χ0v) is 32.4. The van der Waals surface area contributed by atoms with Crippen molar-refractivity contribution in [1.82, 2.24) is 4.90 Å². The molecule has 2 unspecified atom stereocenters. The minimum Gasteiger partial charge on any atom is -0.463 e. The number of nitrogens with zero attached hydrogens (tertiary/aromatic N) is 1. The van der Waals surface area contributed by atoms with E-state index in [1.807, 2.05) is 0 Å². The van der Waals surface area contributed by atoms with Gasteiger partial charge in [-0.05, 0) is 5.56 Å². The van der Waals surface area contributed by atoms with Crippen LogP contribution >= 0.6 is 0 Å². The summed E-state index contributed by atoms with van der Waals surface area (Å²) in [6.07, 6.45) is -17.1. The third-order valence-electron chi connectivity index (χ3n) is 8.23. The Morgan fingerprint density at radius 3 is 1.22 bits per heavy atom. The number of esters is 8. The molecule has 21 nitrogen and oxygen atoms in total. The molecule has 21 heteroatoms. The van der Waals surface area contributed by atoms with Crippen LogP contribution in [0.2, 0.25) is 0 Å². The van der Waals surface area contributed by atoms with Gasteiger partial charge >= 0.3 is 47.8 Å². The van der Waals surface area contributed by atoms with Gasteiger partial charge in [-0.25, -0.2) is 0 Å². The molecule has 0 aromatic heterocycles. The Morgan fingerprint density at radius 2 is 0.850 bits per heavy atom. The van der Waals surface area contributed by atoms with Crippen LogP contribution in [0.3, 0.4) is 0 Å². The number of carbonyl (C=O) groups excluding carboxylic acids is 8. The second-order valence-corrected chi connectivity index (χ2v) is 12.7. The molecule has 0 saturated carbocycles. The molecule has 2 saturated heterocycles. The first-order valence-electron chi connectivity index (χ1n) is 23.4. The summed E-state index contributed by atoms with van der Waals surface area (Å²) in [5.41, 5.74) is 0.759. The molecule has 2 fully saturated rings. The van der Waals surface area contributed by atoms with Crippen molar-refractivity contribution in [3.63, 3.8) is 0 Å². The van der Waals surface area contributed by atoms with Gasteiger partial charge in [0, 0.05) is 85.8 Å². The Balaban J connectivity index is 1.96. The highest BCUT2D eigenvalue weighted by Crippen LogP contribution is 2.31. The molecule has 0 spiro atoms. The van der Waals surface area contributed by atoms with Crippen molar-refractivity contribution in [2.24, 2.45) is 0 Å². The molecular weight excluding hydrogens is 802 g/mol. The lowest BCUT2D eigenvalue weighted by Gasteiger charge is -2.44. The Bertz CT molecular complexity index is 1700. The SMILES string of the molecule is [2H]CC(=O)OC[C@H]1OC(OCCN(CCOC2O[C@H](COC(=O)C[2H])[C@@H](OC(=O)C[2H])[C@H](OC(=O)C[2H])[C@@H]2OC(=O)C[2H])Cc2ccccc2)[C@@H](OC(=O)C[2H])[C@@H](OC(=O)C[2H])[C@@H]1OC(=O)C[2H]. The number of carbonyl (C=O) groups is 8. The first-order chi connectivity index (χ1) is 32.6. The van der Waals surface area contributed by atoms with Gasteiger partial charge in [0.1, 0.15) is 25.4 Å². The number of hydrogen-bond donors (Lipinski definition) is 0. The Kier molecular flexibility index (Phi) is 15.2. The highest BCUT2D eigenvalue weighted by atomic mass is 16.7. The van der Waals surface area contributed by atoms with E-state index in [9.17, 15) is 38.4 Å². The van der Waals surface area contributed by atoms with Crippen molar-refractivity contribution in [3.05, 3.63) is 35.9 Å². The lowest BCUT2D eigenvalue weighted by Crippen LogP contribution is -2.63. The Labute approximate surface area is 357 Å². The number of ether oxygens (including phenoxy) is 12. The van der Waals surface area contributed by atoms with E-state index in [1.165, 1.54) is 0 Å². The monoisotopic (exact) mass is 863 g/mol. The molecule has 3 rings (SSSR count). The van der Waals surface area contributed by atoms with Crippen LogP contribution in [0.5, 0.6) is 0 Å². The molecule has 1 aromatic rings. The second-order valence-electron chi connectivity index (χ2n) is 12.7. The number of hydrogen-bond acceptors (Lipinski definition) is 21. The Hall–Kier alpha value is -5.22. The fourth-order valence-corrected chi connectivity index (χ4v) is 6.07. The summed E-state index contributed by atoms with van der Waals surface area (Å²) in [6, 6.07) is 8.86. The molecule has 0 bridgehead atoms. The van der Waals surface area contributed by atoms with E-state index in [1.54, 1.807) is 35.2 Å². The molecule has 1 aromatic carbocycles. The topological polar surface area (TPSA) is 251 Å². The molecule has 2 aliphatic heterocycles. The van der Waals surface area contributed by atoms with Gasteiger partial charge in [-0.1, -0.05) is 30.3 Å². The van der Waals surface area contributed by atoms with Crippen molar-refractivity contribution in [2.45, 2.75) is 123 Å². The van der Waals surface area contributed by atoms with E-state index in [0.29, 0.717) is 0 Å². The van der Waals surface area contributed by atoms with Crippen LogP contribution in [0.1, 0.15) is 71.7 Å². The van der Waals surface area contributed by atoms with Crippen LogP contribution in [-0.2, 0) is 102 Å². The summed E-state index contributed by atoms with van der Waals surface area (Å²) in [5.74, 6) is -9.09. The number of benzene rings is 1.